The Morgan fingerprint density at radius 2 is 1.58 bits per heavy atom. The molecule has 2 amide bonds. The van der Waals surface area contributed by atoms with Crippen LogP contribution in [0.5, 0.6) is 5.75 Å². The number of ether oxygens (including phenoxy) is 1. The molecule has 1 fully saturated rings. The first-order chi connectivity index (χ1) is 23.1. The second kappa shape index (κ2) is 13.9. The molecule has 7 nitrogen and oxygen atoms in total. The van der Waals surface area contributed by atoms with Crippen LogP contribution >= 0.6 is 0 Å². The summed E-state index contributed by atoms with van der Waals surface area (Å²) >= 11 is 0. The minimum Gasteiger partial charge on any atom is -0.489 e. The van der Waals surface area contributed by atoms with Gasteiger partial charge < -0.3 is 20.1 Å². The maximum absolute atomic E-state index is 14.2. The smallest absolute Gasteiger partial charge is 0.416 e. The van der Waals surface area contributed by atoms with Gasteiger partial charge in [0.2, 0.25) is 11.8 Å². The number of aliphatic carboxylic acids is 1. The fourth-order valence-electron chi connectivity index (χ4n) is 6.27. The number of carbonyl (C=O) groups is 3. The number of hydrogen-bond acceptors (Lipinski definition) is 4. The maximum atomic E-state index is 14.2. The normalized spacial score (nSPS) is 16.7. The molecule has 1 heterocycles. The molecule has 2 aliphatic rings. The molecule has 0 bridgehead atoms. The van der Waals surface area contributed by atoms with E-state index in [4.69, 9.17) is 4.74 Å². The molecule has 2 N–H and O–H groups in total. The second-order valence-electron chi connectivity index (χ2n) is 12.3. The number of rotatable bonds is 10. The van der Waals surface area contributed by atoms with Crippen LogP contribution in [0.1, 0.15) is 65.6 Å². The lowest BCUT2D eigenvalue weighted by atomic mass is 9.82. The molecule has 0 radical (unpaired) electrons. The number of carboxylic acid groups (broad SMARTS) is 1. The Hall–Kier alpha value is -5.12. The van der Waals surface area contributed by atoms with Gasteiger partial charge in [-0.1, -0.05) is 79.2 Å². The molecule has 6 rings (SSSR count). The third-order valence-electron chi connectivity index (χ3n) is 9.13. The van der Waals surface area contributed by atoms with Crippen LogP contribution in [0.15, 0.2) is 97.1 Å². The van der Waals surface area contributed by atoms with Crippen LogP contribution in [0.4, 0.5) is 13.2 Å². The van der Waals surface area contributed by atoms with Gasteiger partial charge in [-0.05, 0) is 76.9 Å². The van der Waals surface area contributed by atoms with E-state index >= 15 is 0 Å². The first-order valence-corrected chi connectivity index (χ1v) is 16.0. The Balaban J connectivity index is 1.26. The number of halogens is 3. The molecule has 10 heteroatoms. The molecule has 2 atom stereocenters. The van der Waals surface area contributed by atoms with Crippen LogP contribution in [-0.2, 0) is 33.6 Å². The Bertz CT molecular complexity index is 1770. The monoisotopic (exact) mass is 656 g/mol. The molecular formula is C38H35F3N2O5. The lowest BCUT2D eigenvalue weighted by Gasteiger charge is -2.40. The average Bonchev–Trinajstić information content (AvgIpc) is 3.05. The molecule has 1 aliphatic heterocycles. The van der Waals surface area contributed by atoms with Gasteiger partial charge >= 0.3 is 12.1 Å². The molecule has 248 valence electrons. The first-order valence-electron chi connectivity index (χ1n) is 16.0. The summed E-state index contributed by atoms with van der Waals surface area (Å²) in [6.07, 6.45) is -1.83. The number of nitrogens with zero attached hydrogens (tertiary/aromatic N) is 1. The summed E-state index contributed by atoms with van der Waals surface area (Å²) in [7, 11) is 0. The van der Waals surface area contributed by atoms with Gasteiger partial charge in [0.15, 0.2) is 0 Å². The summed E-state index contributed by atoms with van der Waals surface area (Å²) in [4.78, 5) is 41.4. The predicted molar refractivity (Wildman–Crippen MR) is 173 cm³/mol. The minimum atomic E-state index is -4.44. The number of fused-ring (bicyclic) bond motifs is 1. The quantitative estimate of drug-likeness (QED) is 0.184. The first kappa shape index (κ1) is 32.8. The van der Waals surface area contributed by atoms with Crippen molar-refractivity contribution in [3.8, 4) is 16.9 Å². The second-order valence-corrected chi connectivity index (χ2v) is 12.3. The Morgan fingerprint density at radius 1 is 0.896 bits per heavy atom. The van der Waals surface area contributed by atoms with Crippen LogP contribution in [0, 0.1) is 5.92 Å². The van der Waals surface area contributed by atoms with E-state index in [9.17, 15) is 32.7 Å². The summed E-state index contributed by atoms with van der Waals surface area (Å²) in [5.74, 6) is -1.46. The molecule has 48 heavy (non-hydrogen) atoms. The summed E-state index contributed by atoms with van der Waals surface area (Å²) in [5, 5.41) is 12.7. The standard InChI is InChI=1S/C38H35F3N2O5/c39-38(40,41)30-16-9-24(10-17-30)23-48-31-18-15-27-19-20-43(37(47)29-7-4-8-29)35(32(27)21-31)36(46)42-33(22-34(44)45)28-13-11-26(12-14-28)25-5-2-1-3-6-25/h1-3,5-6,9-18,21,29,33,35H,4,7-8,19-20,22-23H2,(H,42,46)(H,44,45). The number of benzene rings is 4. The summed E-state index contributed by atoms with van der Waals surface area (Å²) < 4.78 is 44.9. The zero-order valence-corrected chi connectivity index (χ0v) is 26.1. The van der Waals surface area contributed by atoms with Crippen molar-refractivity contribution in [1.82, 2.24) is 10.2 Å². The molecule has 0 aromatic heterocycles. The van der Waals surface area contributed by atoms with E-state index in [1.54, 1.807) is 29.2 Å². The van der Waals surface area contributed by atoms with E-state index in [0.717, 1.165) is 48.1 Å². The average molecular weight is 657 g/mol. The highest BCUT2D eigenvalue weighted by molar-refractivity contribution is 5.91. The highest BCUT2D eigenvalue weighted by Gasteiger charge is 2.41. The summed E-state index contributed by atoms with van der Waals surface area (Å²) in [6, 6.07) is 25.2. The molecular weight excluding hydrogens is 621 g/mol. The number of alkyl halides is 3. The number of carboxylic acids is 1. The number of amides is 2. The van der Waals surface area contributed by atoms with E-state index in [1.807, 2.05) is 48.5 Å². The van der Waals surface area contributed by atoms with Gasteiger partial charge in [-0.25, -0.2) is 0 Å². The highest BCUT2D eigenvalue weighted by Crippen LogP contribution is 2.38. The van der Waals surface area contributed by atoms with Gasteiger partial charge in [0.25, 0.3) is 0 Å². The molecule has 0 saturated heterocycles. The minimum absolute atomic E-state index is 0.00182. The van der Waals surface area contributed by atoms with Crippen molar-refractivity contribution < 1.29 is 37.4 Å². The third-order valence-corrected chi connectivity index (χ3v) is 9.13. The number of carbonyl (C=O) groups excluding carboxylic acids is 2. The van der Waals surface area contributed by atoms with Crippen LogP contribution in [-0.4, -0.2) is 34.3 Å². The van der Waals surface area contributed by atoms with Crippen LogP contribution < -0.4 is 10.1 Å². The van der Waals surface area contributed by atoms with Crippen molar-refractivity contribution in [2.45, 2.75) is 57.0 Å². The molecule has 4 aromatic rings. The molecule has 1 aliphatic carbocycles. The fourth-order valence-corrected chi connectivity index (χ4v) is 6.27. The van der Waals surface area contributed by atoms with Crippen molar-refractivity contribution in [1.29, 1.82) is 0 Å². The van der Waals surface area contributed by atoms with Crippen LogP contribution in [0.3, 0.4) is 0 Å². The van der Waals surface area contributed by atoms with Crippen molar-refractivity contribution >= 4 is 17.8 Å². The molecule has 0 spiro atoms. The summed E-state index contributed by atoms with van der Waals surface area (Å²) in [5.41, 5.74) is 3.78. The maximum Gasteiger partial charge on any atom is 0.416 e. The SMILES string of the molecule is O=C(O)CC(NC(=O)C1c2cc(OCc3ccc(C(F)(F)F)cc3)ccc2CCN1C(=O)C1CCC1)c1ccc(-c2ccccc2)cc1. The third kappa shape index (κ3) is 7.38. The zero-order valence-electron chi connectivity index (χ0n) is 26.1. The van der Waals surface area contributed by atoms with Crippen molar-refractivity contribution in [2.24, 2.45) is 5.92 Å². The van der Waals surface area contributed by atoms with Gasteiger partial charge in [0.05, 0.1) is 18.0 Å². The number of hydrogen-bond donors (Lipinski definition) is 2. The van der Waals surface area contributed by atoms with Crippen molar-refractivity contribution in [3.63, 3.8) is 0 Å². The summed E-state index contributed by atoms with van der Waals surface area (Å²) in [6.45, 7) is 0.333. The van der Waals surface area contributed by atoms with Gasteiger partial charge in [0.1, 0.15) is 18.4 Å². The Morgan fingerprint density at radius 3 is 2.21 bits per heavy atom. The predicted octanol–water partition coefficient (Wildman–Crippen LogP) is 7.51. The van der Waals surface area contributed by atoms with E-state index < -0.39 is 35.7 Å². The van der Waals surface area contributed by atoms with Crippen LogP contribution in [0.25, 0.3) is 11.1 Å². The van der Waals surface area contributed by atoms with Gasteiger partial charge in [-0.15, -0.1) is 0 Å². The van der Waals surface area contributed by atoms with E-state index in [0.29, 0.717) is 35.4 Å². The zero-order chi connectivity index (χ0) is 33.8. The molecule has 4 aromatic carbocycles. The van der Waals surface area contributed by atoms with Gasteiger partial charge in [0, 0.05) is 12.5 Å². The van der Waals surface area contributed by atoms with Crippen LogP contribution in [0.2, 0.25) is 0 Å². The molecule has 1 saturated carbocycles. The van der Waals surface area contributed by atoms with E-state index in [2.05, 4.69) is 5.32 Å². The number of nitrogens with one attached hydrogen (secondary N) is 1. The van der Waals surface area contributed by atoms with Gasteiger partial charge in [-0.2, -0.15) is 13.2 Å². The van der Waals surface area contributed by atoms with Crippen molar-refractivity contribution in [3.05, 3.63) is 125 Å². The largest absolute Gasteiger partial charge is 0.489 e. The van der Waals surface area contributed by atoms with E-state index in [1.165, 1.54) is 12.1 Å². The Kier molecular flexibility index (Phi) is 9.52. The van der Waals surface area contributed by atoms with Gasteiger partial charge in [-0.3, -0.25) is 14.4 Å². The Labute approximate surface area is 276 Å². The lowest BCUT2D eigenvalue weighted by Crippen LogP contribution is -2.50. The topological polar surface area (TPSA) is 95.9 Å². The molecule has 2 unspecified atom stereocenters. The fraction of sp³-hybridized carbons (Fsp3) is 0.289. The van der Waals surface area contributed by atoms with Crippen molar-refractivity contribution in [2.75, 3.05) is 6.54 Å². The lowest BCUT2D eigenvalue weighted by molar-refractivity contribution is -0.147. The highest BCUT2D eigenvalue weighted by atomic mass is 19.4. The van der Waals surface area contributed by atoms with E-state index in [-0.39, 0.29) is 24.9 Å².